The first-order chi connectivity index (χ1) is 13.2. The molecule has 0 radical (unpaired) electrons. The van der Waals surface area contributed by atoms with Crippen molar-refractivity contribution in [2.45, 2.75) is 32.7 Å². The normalized spacial score (nSPS) is 12.1. The molecule has 2 aromatic rings. The van der Waals surface area contributed by atoms with Crippen molar-refractivity contribution in [3.05, 3.63) is 70.3 Å². The zero-order valence-corrected chi connectivity index (χ0v) is 17.0. The minimum atomic E-state index is -3.25. The molecule has 8 heteroatoms. The van der Waals surface area contributed by atoms with Gasteiger partial charge in [0.2, 0.25) is 0 Å². The Labute approximate surface area is 164 Å². The molecule has 0 spiro atoms. The van der Waals surface area contributed by atoms with E-state index in [1.165, 1.54) is 24.3 Å². The topological polar surface area (TPSA) is 70.6 Å². The van der Waals surface area contributed by atoms with E-state index in [1.807, 2.05) is 13.0 Å². The maximum atomic E-state index is 13.7. The van der Waals surface area contributed by atoms with Gasteiger partial charge in [-0.1, -0.05) is 18.2 Å². The van der Waals surface area contributed by atoms with Gasteiger partial charge in [0, 0.05) is 19.3 Å². The van der Waals surface area contributed by atoms with Gasteiger partial charge >= 0.3 is 0 Å². The van der Waals surface area contributed by atoms with Gasteiger partial charge in [-0.25, -0.2) is 22.2 Å². The zero-order valence-electron chi connectivity index (χ0n) is 16.2. The number of halogens is 2. The third-order valence-corrected chi connectivity index (χ3v) is 4.87. The molecule has 0 fully saturated rings. The molecule has 2 rings (SSSR count). The van der Waals surface area contributed by atoms with E-state index in [0.717, 1.165) is 11.8 Å². The van der Waals surface area contributed by atoms with Gasteiger partial charge in [0.1, 0.15) is 11.6 Å². The highest BCUT2D eigenvalue weighted by Crippen LogP contribution is 2.15. The molecule has 2 aromatic carbocycles. The van der Waals surface area contributed by atoms with Gasteiger partial charge < -0.3 is 10.6 Å². The number of aryl methyl sites for hydroxylation is 1. The average Bonchev–Trinajstić information content (AvgIpc) is 2.61. The second-order valence-electron chi connectivity index (χ2n) is 6.62. The standard InChI is InChI=1S/C20H25F2N3O2S/c1-4-23-20(24-11-15-6-5-14(2)19(22)9-15)25-12-17-10-18(21)8-7-16(17)13-28(3,26)27/h5-10H,4,11-13H2,1-3H3,(H2,23,24,25). The quantitative estimate of drug-likeness (QED) is 0.545. The van der Waals surface area contributed by atoms with E-state index < -0.39 is 15.7 Å². The fourth-order valence-electron chi connectivity index (χ4n) is 2.61. The van der Waals surface area contributed by atoms with E-state index in [4.69, 9.17) is 0 Å². The first-order valence-corrected chi connectivity index (χ1v) is 11.0. The van der Waals surface area contributed by atoms with Crippen LogP contribution in [0.3, 0.4) is 0 Å². The van der Waals surface area contributed by atoms with Gasteiger partial charge in [0.05, 0.1) is 12.3 Å². The molecule has 0 saturated carbocycles. The monoisotopic (exact) mass is 409 g/mol. The molecule has 0 atom stereocenters. The molecule has 0 aliphatic heterocycles. The van der Waals surface area contributed by atoms with Crippen LogP contribution < -0.4 is 10.6 Å². The van der Waals surface area contributed by atoms with Crippen molar-refractivity contribution in [1.82, 2.24) is 10.6 Å². The lowest BCUT2D eigenvalue weighted by Gasteiger charge is -2.14. The van der Waals surface area contributed by atoms with Crippen molar-refractivity contribution in [2.24, 2.45) is 4.99 Å². The number of guanidine groups is 1. The van der Waals surface area contributed by atoms with Gasteiger partial charge in [-0.3, -0.25) is 0 Å². The molecular weight excluding hydrogens is 384 g/mol. The van der Waals surface area contributed by atoms with Crippen molar-refractivity contribution < 1.29 is 17.2 Å². The SMILES string of the molecule is CCNC(=NCc1ccc(C)c(F)c1)NCc1cc(F)ccc1CS(C)(=O)=O. The fourth-order valence-corrected chi connectivity index (χ4v) is 3.45. The Morgan fingerprint density at radius 2 is 1.82 bits per heavy atom. The van der Waals surface area contributed by atoms with Crippen LogP contribution in [0.15, 0.2) is 41.4 Å². The van der Waals surface area contributed by atoms with Gasteiger partial charge in [0.25, 0.3) is 0 Å². The zero-order chi connectivity index (χ0) is 20.7. The molecule has 0 aromatic heterocycles. The molecule has 0 heterocycles. The number of rotatable bonds is 7. The molecule has 0 aliphatic rings. The molecular formula is C20H25F2N3O2S. The van der Waals surface area contributed by atoms with Crippen LogP contribution >= 0.6 is 0 Å². The summed E-state index contributed by atoms with van der Waals surface area (Å²) in [6.45, 7) is 4.68. The summed E-state index contributed by atoms with van der Waals surface area (Å²) >= 11 is 0. The second kappa shape index (κ2) is 9.64. The highest BCUT2D eigenvalue weighted by Gasteiger charge is 2.11. The molecule has 0 amide bonds. The Morgan fingerprint density at radius 1 is 1.07 bits per heavy atom. The van der Waals surface area contributed by atoms with E-state index in [2.05, 4.69) is 15.6 Å². The van der Waals surface area contributed by atoms with Gasteiger partial charge in [-0.15, -0.1) is 0 Å². The number of sulfone groups is 1. The predicted octanol–water partition coefficient (Wildman–Crippen LogP) is 3.07. The van der Waals surface area contributed by atoms with Crippen LogP contribution in [0.25, 0.3) is 0 Å². The summed E-state index contributed by atoms with van der Waals surface area (Å²) in [6.07, 6.45) is 1.14. The van der Waals surface area contributed by atoms with E-state index in [9.17, 15) is 17.2 Å². The van der Waals surface area contributed by atoms with Crippen molar-refractivity contribution >= 4 is 15.8 Å². The van der Waals surface area contributed by atoms with E-state index in [1.54, 1.807) is 13.0 Å². The van der Waals surface area contributed by atoms with Crippen LogP contribution in [0.1, 0.15) is 29.2 Å². The molecule has 2 N–H and O–H groups in total. The molecule has 5 nitrogen and oxygen atoms in total. The van der Waals surface area contributed by atoms with Crippen LogP contribution in [0, 0.1) is 18.6 Å². The maximum Gasteiger partial charge on any atom is 0.191 e. The molecule has 152 valence electrons. The summed E-state index contributed by atoms with van der Waals surface area (Å²) in [5.41, 5.74) is 2.37. The third kappa shape index (κ3) is 6.92. The Hall–Kier alpha value is -2.48. The Morgan fingerprint density at radius 3 is 2.46 bits per heavy atom. The second-order valence-corrected chi connectivity index (χ2v) is 8.76. The van der Waals surface area contributed by atoms with Crippen molar-refractivity contribution in [1.29, 1.82) is 0 Å². The van der Waals surface area contributed by atoms with Gasteiger partial charge in [-0.05, 0) is 54.3 Å². The highest BCUT2D eigenvalue weighted by atomic mass is 32.2. The number of hydrogen-bond donors (Lipinski definition) is 2. The Kier molecular flexibility index (Phi) is 7.51. The average molecular weight is 410 g/mol. The van der Waals surface area contributed by atoms with Crippen molar-refractivity contribution in [3.8, 4) is 0 Å². The number of nitrogens with zero attached hydrogens (tertiary/aromatic N) is 1. The highest BCUT2D eigenvalue weighted by molar-refractivity contribution is 7.89. The van der Waals surface area contributed by atoms with Crippen LogP contribution in [0.2, 0.25) is 0 Å². The van der Waals surface area contributed by atoms with E-state index in [0.29, 0.717) is 29.2 Å². The molecule has 0 saturated heterocycles. The molecule has 28 heavy (non-hydrogen) atoms. The lowest BCUT2D eigenvalue weighted by Crippen LogP contribution is -2.37. The first kappa shape index (κ1) is 21.8. The number of aliphatic imine (C=N–C) groups is 1. The molecule has 0 bridgehead atoms. The van der Waals surface area contributed by atoms with Crippen LogP contribution in [-0.4, -0.2) is 27.2 Å². The number of benzene rings is 2. The maximum absolute atomic E-state index is 13.7. The number of nitrogens with one attached hydrogen (secondary N) is 2. The summed E-state index contributed by atoms with van der Waals surface area (Å²) in [5.74, 6) is -0.416. The first-order valence-electron chi connectivity index (χ1n) is 8.90. The van der Waals surface area contributed by atoms with E-state index >= 15 is 0 Å². The number of hydrogen-bond acceptors (Lipinski definition) is 3. The fraction of sp³-hybridized carbons (Fsp3) is 0.350. The Balaban J connectivity index is 2.14. The Bertz CT molecular complexity index is 960. The summed E-state index contributed by atoms with van der Waals surface area (Å²) in [6, 6.07) is 8.99. The van der Waals surface area contributed by atoms with Crippen molar-refractivity contribution in [3.63, 3.8) is 0 Å². The molecule has 0 aliphatic carbocycles. The summed E-state index contributed by atoms with van der Waals surface area (Å²) in [4.78, 5) is 4.41. The minimum Gasteiger partial charge on any atom is -0.357 e. The van der Waals surface area contributed by atoms with Crippen LogP contribution in [-0.2, 0) is 28.7 Å². The lowest BCUT2D eigenvalue weighted by molar-refractivity contribution is 0.599. The lowest BCUT2D eigenvalue weighted by atomic mass is 10.1. The van der Waals surface area contributed by atoms with Gasteiger partial charge in [-0.2, -0.15) is 0 Å². The smallest absolute Gasteiger partial charge is 0.191 e. The summed E-state index contributed by atoms with van der Waals surface area (Å²) < 4.78 is 50.5. The predicted molar refractivity (Wildman–Crippen MR) is 108 cm³/mol. The summed E-state index contributed by atoms with van der Waals surface area (Å²) in [7, 11) is -3.25. The third-order valence-electron chi connectivity index (χ3n) is 4.03. The van der Waals surface area contributed by atoms with Crippen LogP contribution in [0.5, 0.6) is 0 Å². The minimum absolute atomic E-state index is 0.166. The van der Waals surface area contributed by atoms with Crippen molar-refractivity contribution in [2.75, 3.05) is 12.8 Å². The largest absolute Gasteiger partial charge is 0.357 e. The van der Waals surface area contributed by atoms with Gasteiger partial charge in [0.15, 0.2) is 15.8 Å². The van der Waals surface area contributed by atoms with E-state index in [-0.39, 0.29) is 24.7 Å². The summed E-state index contributed by atoms with van der Waals surface area (Å²) in [5, 5.41) is 6.13. The molecule has 0 unspecified atom stereocenters. The van der Waals surface area contributed by atoms with Crippen LogP contribution in [0.4, 0.5) is 8.78 Å².